The summed E-state index contributed by atoms with van der Waals surface area (Å²) in [7, 11) is 0. The molecule has 1 fully saturated rings. The van der Waals surface area contributed by atoms with Gasteiger partial charge in [0.05, 0.1) is 12.2 Å². The highest BCUT2D eigenvalue weighted by molar-refractivity contribution is 8.15. The standard InChI is InChI=1S/C14H15F3N2O2S/c1-3-21-13(20)18-12-19(8-9(2)22-12)11-6-4-5-10(7-11)14(15,16)17/h4-7,9H,3,8H2,1-2H3. The minimum atomic E-state index is -4.41. The molecule has 1 unspecified atom stereocenters. The summed E-state index contributed by atoms with van der Waals surface area (Å²) >= 11 is 1.33. The number of halogens is 3. The van der Waals surface area contributed by atoms with Crippen molar-refractivity contribution in [1.29, 1.82) is 0 Å². The van der Waals surface area contributed by atoms with Crippen molar-refractivity contribution in [2.24, 2.45) is 4.99 Å². The highest BCUT2D eigenvalue weighted by Gasteiger charge is 2.33. The van der Waals surface area contributed by atoms with Gasteiger partial charge >= 0.3 is 12.3 Å². The fourth-order valence-electron chi connectivity index (χ4n) is 2.00. The van der Waals surface area contributed by atoms with E-state index in [1.807, 2.05) is 6.92 Å². The Morgan fingerprint density at radius 1 is 1.50 bits per heavy atom. The zero-order chi connectivity index (χ0) is 16.3. The maximum atomic E-state index is 12.8. The summed E-state index contributed by atoms with van der Waals surface area (Å²) < 4.78 is 43.2. The molecule has 0 aliphatic carbocycles. The number of nitrogens with zero attached hydrogens (tertiary/aromatic N) is 2. The van der Waals surface area contributed by atoms with E-state index in [0.717, 1.165) is 12.1 Å². The molecule has 22 heavy (non-hydrogen) atoms. The summed E-state index contributed by atoms with van der Waals surface area (Å²) in [5, 5.41) is 0.466. The zero-order valence-electron chi connectivity index (χ0n) is 12.1. The van der Waals surface area contributed by atoms with Gasteiger partial charge in [0.25, 0.3) is 0 Å². The second-order valence-electron chi connectivity index (χ2n) is 4.68. The molecule has 120 valence electrons. The molecule has 0 bridgehead atoms. The van der Waals surface area contributed by atoms with E-state index in [9.17, 15) is 18.0 Å². The molecule has 0 saturated carbocycles. The molecule has 1 aliphatic heterocycles. The second-order valence-corrected chi connectivity index (χ2v) is 6.09. The SMILES string of the molecule is CCOC(=O)N=C1SC(C)CN1c1cccc(C(F)(F)F)c1. The van der Waals surface area contributed by atoms with Gasteiger partial charge in [-0.05, 0) is 25.1 Å². The third kappa shape index (κ3) is 3.94. The lowest BCUT2D eigenvalue weighted by Gasteiger charge is -2.19. The molecule has 1 saturated heterocycles. The van der Waals surface area contributed by atoms with Gasteiger partial charge in [0.2, 0.25) is 0 Å². The minimum absolute atomic E-state index is 0.114. The molecule has 0 N–H and O–H groups in total. The number of carbonyl (C=O) groups is 1. The minimum Gasteiger partial charge on any atom is -0.448 e. The lowest BCUT2D eigenvalue weighted by Crippen LogP contribution is -2.26. The first-order valence-electron chi connectivity index (χ1n) is 6.68. The van der Waals surface area contributed by atoms with E-state index in [1.165, 1.54) is 17.8 Å². The van der Waals surface area contributed by atoms with Crippen LogP contribution in [0.3, 0.4) is 0 Å². The van der Waals surface area contributed by atoms with Crippen LogP contribution in [0.4, 0.5) is 23.7 Å². The number of aliphatic imine (C=N–C) groups is 1. The van der Waals surface area contributed by atoms with E-state index in [-0.39, 0.29) is 11.9 Å². The topological polar surface area (TPSA) is 41.9 Å². The molecule has 4 nitrogen and oxygen atoms in total. The number of hydrogen-bond acceptors (Lipinski definition) is 3. The van der Waals surface area contributed by atoms with Crippen LogP contribution >= 0.6 is 11.8 Å². The van der Waals surface area contributed by atoms with Crippen molar-refractivity contribution >= 4 is 28.7 Å². The molecule has 1 aliphatic rings. The van der Waals surface area contributed by atoms with Crippen LogP contribution < -0.4 is 4.90 Å². The van der Waals surface area contributed by atoms with E-state index < -0.39 is 17.8 Å². The Kier molecular flexibility index (Phi) is 5.00. The van der Waals surface area contributed by atoms with Crippen LogP contribution in [0.1, 0.15) is 19.4 Å². The Balaban J connectivity index is 2.31. The molecule has 1 aromatic rings. The maximum Gasteiger partial charge on any atom is 0.436 e. The third-order valence-corrected chi connectivity index (χ3v) is 3.99. The Labute approximate surface area is 130 Å². The van der Waals surface area contributed by atoms with E-state index >= 15 is 0 Å². The van der Waals surface area contributed by atoms with Gasteiger partial charge in [-0.2, -0.15) is 18.2 Å². The number of rotatable bonds is 2. The molecule has 1 atom stereocenters. The average Bonchev–Trinajstić information content (AvgIpc) is 2.79. The second kappa shape index (κ2) is 6.60. The van der Waals surface area contributed by atoms with Crippen LogP contribution in [-0.2, 0) is 10.9 Å². The first-order valence-corrected chi connectivity index (χ1v) is 7.56. The van der Waals surface area contributed by atoms with Crippen LogP contribution in [0, 0.1) is 0 Å². The number of hydrogen-bond donors (Lipinski definition) is 0. The van der Waals surface area contributed by atoms with Gasteiger partial charge in [0, 0.05) is 17.5 Å². The van der Waals surface area contributed by atoms with E-state index in [1.54, 1.807) is 17.9 Å². The summed E-state index contributed by atoms with van der Waals surface area (Å²) in [4.78, 5) is 16.9. The largest absolute Gasteiger partial charge is 0.448 e. The smallest absolute Gasteiger partial charge is 0.436 e. The number of ether oxygens (including phenoxy) is 1. The third-order valence-electron chi connectivity index (χ3n) is 2.92. The first kappa shape index (κ1) is 16.7. The number of carbonyl (C=O) groups excluding carboxylic acids is 1. The Morgan fingerprint density at radius 3 is 2.86 bits per heavy atom. The van der Waals surface area contributed by atoms with Crippen molar-refractivity contribution in [3.63, 3.8) is 0 Å². The molecule has 8 heteroatoms. The molecule has 2 rings (SSSR count). The van der Waals surface area contributed by atoms with Gasteiger partial charge in [-0.15, -0.1) is 0 Å². The van der Waals surface area contributed by atoms with E-state index in [0.29, 0.717) is 17.4 Å². The number of thioether (sulfide) groups is 1. The van der Waals surface area contributed by atoms with E-state index in [2.05, 4.69) is 4.99 Å². The summed E-state index contributed by atoms with van der Waals surface area (Å²) in [6, 6.07) is 4.97. The summed E-state index contributed by atoms with van der Waals surface area (Å²) in [5.41, 5.74) is -0.375. The van der Waals surface area contributed by atoms with Gasteiger partial charge in [0.15, 0.2) is 5.17 Å². The highest BCUT2D eigenvalue weighted by Crippen LogP contribution is 2.35. The van der Waals surface area contributed by atoms with Gasteiger partial charge in [-0.3, -0.25) is 0 Å². The Bertz CT molecular complexity index is 590. The van der Waals surface area contributed by atoms with Gasteiger partial charge in [-0.25, -0.2) is 4.79 Å². The Morgan fingerprint density at radius 2 is 2.23 bits per heavy atom. The molecular weight excluding hydrogens is 317 g/mol. The van der Waals surface area contributed by atoms with Crippen molar-refractivity contribution in [2.45, 2.75) is 25.3 Å². The quantitative estimate of drug-likeness (QED) is 0.815. The Hall–Kier alpha value is -1.70. The summed E-state index contributed by atoms with van der Waals surface area (Å²) in [6.07, 6.45) is -5.15. The molecule has 1 aromatic carbocycles. The van der Waals surface area contributed by atoms with Gasteiger partial charge in [0.1, 0.15) is 0 Å². The van der Waals surface area contributed by atoms with Crippen molar-refractivity contribution in [2.75, 3.05) is 18.1 Å². The van der Waals surface area contributed by atoms with Crippen molar-refractivity contribution in [1.82, 2.24) is 0 Å². The molecule has 1 amide bonds. The van der Waals surface area contributed by atoms with Crippen molar-refractivity contribution in [3.05, 3.63) is 29.8 Å². The van der Waals surface area contributed by atoms with Crippen LogP contribution in [0.2, 0.25) is 0 Å². The lowest BCUT2D eigenvalue weighted by atomic mass is 10.2. The number of alkyl halides is 3. The molecule has 0 aromatic heterocycles. The monoisotopic (exact) mass is 332 g/mol. The van der Waals surface area contributed by atoms with Crippen molar-refractivity contribution < 1.29 is 22.7 Å². The van der Waals surface area contributed by atoms with Gasteiger partial charge in [-0.1, -0.05) is 24.8 Å². The predicted molar refractivity (Wildman–Crippen MR) is 80.3 cm³/mol. The highest BCUT2D eigenvalue weighted by atomic mass is 32.2. The van der Waals surface area contributed by atoms with Crippen molar-refractivity contribution in [3.8, 4) is 0 Å². The van der Waals surface area contributed by atoms with Crippen LogP contribution in [0.25, 0.3) is 0 Å². The predicted octanol–water partition coefficient (Wildman–Crippen LogP) is 4.16. The fraction of sp³-hybridized carbons (Fsp3) is 0.429. The number of benzene rings is 1. The molecule has 0 spiro atoms. The number of amides is 1. The van der Waals surface area contributed by atoms with Crippen LogP contribution in [-0.4, -0.2) is 29.7 Å². The fourth-order valence-corrected chi connectivity index (χ4v) is 3.02. The summed E-state index contributed by atoms with van der Waals surface area (Å²) in [5.74, 6) is 0. The first-order chi connectivity index (χ1) is 10.3. The van der Waals surface area contributed by atoms with Gasteiger partial charge < -0.3 is 9.64 Å². The number of amidine groups is 1. The number of anilines is 1. The summed E-state index contributed by atoms with van der Waals surface area (Å²) in [6.45, 7) is 4.25. The zero-order valence-corrected chi connectivity index (χ0v) is 12.9. The molecular formula is C14H15F3N2O2S. The molecule has 1 heterocycles. The van der Waals surface area contributed by atoms with Crippen LogP contribution in [0.15, 0.2) is 29.3 Å². The van der Waals surface area contributed by atoms with E-state index in [4.69, 9.17) is 4.74 Å². The normalized spacial score (nSPS) is 20.5. The van der Waals surface area contributed by atoms with Crippen LogP contribution in [0.5, 0.6) is 0 Å². The maximum absolute atomic E-state index is 12.8. The average molecular weight is 332 g/mol. The molecule has 0 radical (unpaired) electrons. The lowest BCUT2D eigenvalue weighted by molar-refractivity contribution is -0.137.